The molecule has 1 aromatic carbocycles. The van der Waals surface area contributed by atoms with E-state index in [1.165, 1.54) is 0 Å². The number of aryl methyl sites for hydroxylation is 1. The highest BCUT2D eigenvalue weighted by Crippen LogP contribution is 2.43. The predicted molar refractivity (Wildman–Crippen MR) is 118 cm³/mol. The van der Waals surface area contributed by atoms with Gasteiger partial charge >= 0.3 is 6.09 Å². The lowest BCUT2D eigenvalue weighted by Crippen LogP contribution is -3.00. The Morgan fingerprint density at radius 1 is 1.03 bits per heavy atom. The molecule has 2 aromatic rings. The fraction of sp³-hybridized carbons (Fsp3) is 0.500. The standard InChI is InChI=1S/C24H32N2O6.ClH/c1-28-21-15-18(16-22(29-2)23(21)30-3)20-10-9-19(32-20)17-31-24(27)25-11-5-8-14-26-12-6-4-7-13-26;/h4,6-7,12-13,15-16,19-20H,5,8-11,14,17H2,1-3H3;1H. The minimum atomic E-state index is -0.405. The quantitative estimate of drug-likeness (QED) is 0.371. The monoisotopic (exact) mass is 480 g/mol. The molecule has 1 N–H and O–H groups in total. The second kappa shape index (κ2) is 13.7. The Morgan fingerprint density at radius 3 is 2.36 bits per heavy atom. The molecule has 0 radical (unpaired) electrons. The first-order valence-electron chi connectivity index (χ1n) is 10.9. The van der Waals surface area contributed by atoms with Crippen molar-refractivity contribution in [2.45, 2.75) is 44.4 Å². The van der Waals surface area contributed by atoms with Crippen LogP contribution >= 0.6 is 0 Å². The van der Waals surface area contributed by atoms with E-state index in [0.29, 0.717) is 23.8 Å². The molecule has 2 atom stereocenters. The van der Waals surface area contributed by atoms with Crippen molar-refractivity contribution in [3.8, 4) is 17.2 Å². The van der Waals surface area contributed by atoms with Crippen LogP contribution in [0.5, 0.6) is 17.2 Å². The predicted octanol–water partition coefficient (Wildman–Crippen LogP) is 0.431. The Kier molecular flexibility index (Phi) is 11.1. The zero-order valence-corrected chi connectivity index (χ0v) is 20.2. The van der Waals surface area contributed by atoms with Crippen LogP contribution in [-0.2, 0) is 16.0 Å². The molecule has 2 unspecified atom stereocenters. The highest BCUT2D eigenvalue weighted by Gasteiger charge is 2.29. The molecule has 2 heterocycles. The van der Waals surface area contributed by atoms with Crippen LogP contribution in [0.3, 0.4) is 0 Å². The Morgan fingerprint density at radius 2 is 1.73 bits per heavy atom. The first-order valence-corrected chi connectivity index (χ1v) is 10.9. The highest BCUT2D eigenvalue weighted by molar-refractivity contribution is 5.67. The number of unbranched alkanes of at least 4 members (excludes halogenated alkanes) is 1. The number of methoxy groups -OCH3 is 3. The number of amides is 1. The summed E-state index contributed by atoms with van der Waals surface area (Å²) in [6, 6.07) is 9.81. The minimum absolute atomic E-state index is 0. The number of benzene rings is 1. The average Bonchev–Trinajstić information content (AvgIpc) is 3.31. The van der Waals surface area contributed by atoms with Gasteiger partial charge in [0.2, 0.25) is 5.75 Å². The molecule has 0 spiro atoms. The number of aromatic nitrogens is 1. The van der Waals surface area contributed by atoms with Crippen molar-refractivity contribution in [3.05, 3.63) is 48.3 Å². The number of alkyl carbamates (subject to hydrolysis) is 1. The summed E-state index contributed by atoms with van der Waals surface area (Å²) in [5, 5.41) is 2.81. The number of halogens is 1. The van der Waals surface area contributed by atoms with Gasteiger partial charge in [0.1, 0.15) is 13.2 Å². The second-order valence-electron chi connectivity index (χ2n) is 7.63. The van der Waals surface area contributed by atoms with Crippen LogP contribution in [0, 0.1) is 0 Å². The summed E-state index contributed by atoms with van der Waals surface area (Å²) >= 11 is 0. The van der Waals surface area contributed by atoms with Gasteiger partial charge in [-0.15, -0.1) is 0 Å². The molecule has 1 fully saturated rings. The van der Waals surface area contributed by atoms with Gasteiger partial charge in [-0.3, -0.25) is 0 Å². The van der Waals surface area contributed by atoms with Crippen LogP contribution in [0.2, 0.25) is 0 Å². The maximum atomic E-state index is 12.0. The van der Waals surface area contributed by atoms with E-state index in [1.807, 2.05) is 42.7 Å². The summed E-state index contributed by atoms with van der Waals surface area (Å²) in [7, 11) is 4.76. The van der Waals surface area contributed by atoms with Crippen LogP contribution in [-0.4, -0.2) is 46.7 Å². The lowest BCUT2D eigenvalue weighted by Gasteiger charge is -2.18. The topological polar surface area (TPSA) is 79.1 Å². The van der Waals surface area contributed by atoms with Gasteiger partial charge in [0.05, 0.1) is 33.5 Å². The number of nitrogens with one attached hydrogen (secondary N) is 1. The third-order valence-corrected chi connectivity index (χ3v) is 5.46. The third-order valence-electron chi connectivity index (χ3n) is 5.46. The van der Waals surface area contributed by atoms with E-state index in [9.17, 15) is 4.79 Å². The van der Waals surface area contributed by atoms with Gasteiger partial charge in [-0.1, -0.05) is 6.07 Å². The molecular formula is C24H33ClN2O6. The summed E-state index contributed by atoms with van der Waals surface area (Å²) in [4.78, 5) is 12.0. The van der Waals surface area contributed by atoms with Crippen molar-refractivity contribution >= 4 is 6.09 Å². The molecule has 3 rings (SSSR count). The molecule has 0 saturated carbocycles. The van der Waals surface area contributed by atoms with E-state index in [1.54, 1.807) is 21.3 Å². The normalized spacial score (nSPS) is 17.1. The van der Waals surface area contributed by atoms with Crippen LogP contribution in [0.1, 0.15) is 37.4 Å². The molecule has 0 bridgehead atoms. The Bertz CT molecular complexity index is 842. The van der Waals surface area contributed by atoms with E-state index >= 15 is 0 Å². The van der Waals surface area contributed by atoms with Crippen molar-refractivity contribution in [2.75, 3.05) is 34.5 Å². The maximum Gasteiger partial charge on any atom is 0.407 e. The molecular weight excluding hydrogens is 448 g/mol. The molecule has 1 amide bonds. The zero-order chi connectivity index (χ0) is 22.8. The molecule has 1 aliphatic rings. The van der Waals surface area contributed by atoms with Gasteiger partial charge in [0, 0.05) is 25.1 Å². The lowest BCUT2D eigenvalue weighted by molar-refractivity contribution is -0.697. The van der Waals surface area contributed by atoms with Crippen molar-refractivity contribution in [1.82, 2.24) is 5.32 Å². The summed E-state index contributed by atoms with van der Waals surface area (Å²) in [5.41, 5.74) is 0.947. The number of nitrogens with zero attached hydrogens (tertiary/aromatic N) is 1. The minimum Gasteiger partial charge on any atom is -1.00 e. The number of carbonyl (C=O) groups is 1. The van der Waals surface area contributed by atoms with Crippen LogP contribution in [0.4, 0.5) is 4.79 Å². The summed E-state index contributed by atoms with van der Waals surface area (Å²) in [5.74, 6) is 1.74. The van der Waals surface area contributed by atoms with E-state index in [0.717, 1.165) is 37.8 Å². The number of hydrogen-bond acceptors (Lipinski definition) is 6. The molecule has 0 aliphatic carbocycles. The van der Waals surface area contributed by atoms with Crippen molar-refractivity contribution in [2.24, 2.45) is 0 Å². The van der Waals surface area contributed by atoms with Crippen molar-refractivity contribution in [1.29, 1.82) is 0 Å². The summed E-state index contributed by atoms with van der Waals surface area (Å²) in [6.07, 6.45) is 6.92. The number of pyridine rings is 1. The number of hydrogen-bond donors (Lipinski definition) is 1. The van der Waals surface area contributed by atoms with E-state index in [4.69, 9.17) is 23.7 Å². The van der Waals surface area contributed by atoms with Gasteiger partial charge in [0.15, 0.2) is 23.9 Å². The summed E-state index contributed by atoms with van der Waals surface area (Å²) in [6.45, 7) is 1.74. The van der Waals surface area contributed by atoms with E-state index in [-0.39, 0.29) is 31.2 Å². The summed E-state index contributed by atoms with van der Waals surface area (Å²) < 4.78 is 29.8. The van der Waals surface area contributed by atoms with E-state index < -0.39 is 6.09 Å². The smallest absolute Gasteiger partial charge is 0.407 e. The first kappa shape index (κ1) is 26.5. The second-order valence-corrected chi connectivity index (χ2v) is 7.63. The Hall–Kier alpha value is -2.71. The van der Waals surface area contributed by atoms with Crippen molar-refractivity contribution < 1.29 is 45.5 Å². The maximum absolute atomic E-state index is 12.0. The first-order chi connectivity index (χ1) is 15.6. The van der Waals surface area contributed by atoms with Crippen LogP contribution in [0.15, 0.2) is 42.7 Å². The Balaban J connectivity index is 0.00000385. The largest absolute Gasteiger partial charge is 1.00 e. The van der Waals surface area contributed by atoms with Crippen LogP contribution < -0.4 is 36.5 Å². The molecule has 182 valence electrons. The number of carbonyl (C=O) groups excluding carboxylic acids is 1. The van der Waals surface area contributed by atoms with Gasteiger partial charge in [-0.2, -0.15) is 0 Å². The molecule has 1 saturated heterocycles. The number of ether oxygens (including phenoxy) is 5. The Labute approximate surface area is 201 Å². The van der Waals surface area contributed by atoms with Gasteiger partial charge in [-0.25, -0.2) is 9.36 Å². The van der Waals surface area contributed by atoms with Crippen LogP contribution in [0.25, 0.3) is 0 Å². The molecule has 1 aliphatic heterocycles. The average molecular weight is 481 g/mol. The number of rotatable bonds is 11. The molecule has 1 aromatic heterocycles. The SMILES string of the molecule is COc1cc(C2CCC(COC(=O)NCCCC[n+]3ccccc3)O2)cc(OC)c1OC.[Cl-]. The molecule has 8 nitrogen and oxygen atoms in total. The fourth-order valence-electron chi connectivity index (χ4n) is 3.77. The zero-order valence-electron chi connectivity index (χ0n) is 19.4. The molecule has 33 heavy (non-hydrogen) atoms. The highest BCUT2D eigenvalue weighted by atomic mass is 35.5. The van der Waals surface area contributed by atoms with E-state index in [2.05, 4.69) is 9.88 Å². The van der Waals surface area contributed by atoms with Gasteiger partial charge in [-0.05, 0) is 37.0 Å². The lowest BCUT2D eigenvalue weighted by atomic mass is 10.0. The van der Waals surface area contributed by atoms with Gasteiger partial charge < -0.3 is 41.4 Å². The fourth-order valence-corrected chi connectivity index (χ4v) is 3.77. The van der Waals surface area contributed by atoms with Gasteiger partial charge in [0.25, 0.3) is 0 Å². The molecule has 9 heteroatoms. The van der Waals surface area contributed by atoms with Crippen molar-refractivity contribution in [3.63, 3.8) is 0 Å². The third kappa shape index (κ3) is 7.68.